The van der Waals surface area contributed by atoms with E-state index in [0.29, 0.717) is 24.7 Å². The highest BCUT2D eigenvalue weighted by molar-refractivity contribution is 6.03. The fourth-order valence-corrected chi connectivity index (χ4v) is 1.82. The van der Waals surface area contributed by atoms with Crippen LogP contribution in [0, 0.1) is 13.8 Å². The Balaban J connectivity index is 2.19. The highest BCUT2D eigenvalue weighted by Crippen LogP contribution is 2.15. The quantitative estimate of drug-likeness (QED) is 0.762. The number of carbonyl (C=O) groups excluding carboxylic acids is 1. The first kappa shape index (κ1) is 15.7. The van der Waals surface area contributed by atoms with Crippen molar-refractivity contribution in [3.63, 3.8) is 0 Å². The van der Waals surface area contributed by atoms with Crippen molar-refractivity contribution in [3.8, 4) is 5.75 Å². The van der Waals surface area contributed by atoms with E-state index in [9.17, 15) is 9.59 Å². The van der Waals surface area contributed by atoms with E-state index in [2.05, 4.69) is 15.3 Å². The lowest BCUT2D eigenvalue weighted by Crippen LogP contribution is -2.24. The molecule has 0 unspecified atom stereocenters. The van der Waals surface area contributed by atoms with Crippen molar-refractivity contribution in [1.29, 1.82) is 0 Å². The predicted octanol–water partition coefficient (Wildman–Crippen LogP) is 0.977. The summed E-state index contributed by atoms with van der Waals surface area (Å²) in [4.78, 5) is 30.7. The van der Waals surface area contributed by atoms with Crippen molar-refractivity contribution in [2.45, 2.75) is 13.8 Å². The summed E-state index contributed by atoms with van der Waals surface area (Å²) in [6.07, 6.45) is 1.51. The second-order valence-electron chi connectivity index (χ2n) is 4.79. The molecule has 0 aromatic carbocycles. The van der Waals surface area contributed by atoms with Crippen LogP contribution in [0.4, 0.5) is 5.82 Å². The zero-order chi connectivity index (χ0) is 16.1. The number of anilines is 1. The van der Waals surface area contributed by atoms with Gasteiger partial charge in [0.25, 0.3) is 11.5 Å². The van der Waals surface area contributed by atoms with Gasteiger partial charge in [-0.2, -0.15) is 0 Å². The van der Waals surface area contributed by atoms with Crippen LogP contribution in [-0.4, -0.2) is 29.0 Å². The van der Waals surface area contributed by atoms with Crippen LogP contribution in [0.5, 0.6) is 5.75 Å². The summed E-state index contributed by atoms with van der Waals surface area (Å²) in [7, 11) is 0. The SMILES string of the molecule is Cc1cc(C(=O)Nc2cc(OCCN)ccn2)c(=O)[nH]c1C. The largest absolute Gasteiger partial charge is 0.492 e. The number of hydrogen-bond donors (Lipinski definition) is 3. The molecule has 1 amide bonds. The van der Waals surface area contributed by atoms with Crippen LogP contribution in [0.2, 0.25) is 0 Å². The van der Waals surface area contributed by atoms with Gasteiger partial charge in [0.2, 0.25) is 0 Å². The molecule has 2 heterocycles. The lowest BCUT2D eigenvalue weighted by atomic mass is 10.1. The molecule has 2 aromatic rings. The molecule has 7 heteroatoms. The molecule has 4 N–H and O–H groups in total. The van der Waals surface area contributed by atoms with E-state index in [0.717, 1.165) is 11.3 Å². The molecule has 0 atom stereocenters. The van der Waals surface area contributed by atoms with E-state index in [4.69, 9.17) is 10.5 Å². The Morgan fingerprint density at radius 1 is 1.41 bits per heavy atom. The third kappa shape index (κ3) is 3.70. The minimum atomic E-state index is -0.521. The summed E-state index contributed by atoms with van der Waals surface area (Å²) in [5.74, 6) is 0.328. The Morgan fingerprint density at radius 2 is 2.18 bits per heavy atom. The minimum absolute atomic E-state index is 0.0400. The van der Waals surface area contributed by atoms with Crippen LogP contribution in [0.3, 0.4) is 0 Å². The van der Waals surface area contributed by atoms with Crippen molar-refractivity contribution in [1.82, 2.24) is 9.97 Å². The Hall–Kier alpha value is -2.67. The van der Waals surface area contributed by atoms with Gasteiger partial charge in [0, 0.05) is 24.5 Å². The van der Waals surface area contributed by atoms with E-state index < -0.39 is 11.5 Å². The highest BCUT2D eigenvalue weighted by atomic mass is 16.5. The van der Waals surface area contributed by atoms with Gasteiger partial charge in [-0.3, -0.25) is 9.59 Å². The Bertz CT molecular complexity index is 740. The number of pyridine rings is 2. The number of hydrogen-bond acceptors (Lipinski definition) is 5. The molecule has 2 rings (SSSR count). The average molecular weight is 302 g/mol. The first-order valence-corrected chi connectivity index (χ1v) is 6.82. The molecule has 0 fully saturated rings. The Labute approximate surface area is 127 Å². The van der Waals surface area contributed by atoms with Crippen LogP contribution in [0.1, 0.15) is 21.6 Å². The molecular formula is C15H18N4O3. The number of amides is 1. The second kappa shape index (κ2) is 6.86. The van der Waals surface area contributed by atoms with Gasteiger partial charge >= 0.3 is 0 Å². The van der Waals surface area contributed by atoms with Crippen LogP contribution in [0.25, 0.3) is 0 Å². The number of aryl methyl sites for hydroxylation is 2. The smallest absolute Gasteiger partial charge is 0.262 e. The van der Waals surface area contributed by atoms with Crippen molar-refractivity contribution >= 4 is 11.7 Å². The summed E-state index contributed by atoms with van der Waals surface area (Å²) < 4.78 is 5.36. The van der Waals surface area contributed by atoms with Crippen molar-refractivity contribution in [2.75, 3.05) is 18.5 Å². The molecule has 0 spiro atoms. The van der Waals surface area contributed by atoms with Crippen LogP contribution >= 0.6 is 0 Å². The fraction of sp³-hybridized carbons (Fsp3) is 0.267. The summed E-state index contributed by atoms with van der Waals surface area (Å²) in [5.41, 5.74) is 6.54. The monoisotopic (exact) mass is 302 g/mol. The maximum atomic E-state index is 12.2. The number of ether oxygens (including phenoxy) is 1. The van der Waals surface area contributed by atoms with E-state index in [1.165, 1.54) is 6.20 Å². The topological polar surface area (TPSA) is 110 Å². The van der Waals surface area contributed by atoms with Crippen molar-refractivity contribution in [2.24, 2.45) is 5.73 Å². The first-order valence-electron chi connectivity index (χ1n) is 6.82. The Morgan fingerprint density at radius 3 is 2.91 bits per heavy atom. The third-order valence-corrected chi connectivity index (χ3v) is 3.10. The second-order valence-corrected chi connectivity index (χ2v) is 4.79. The number of carbonyl (C=O) groups is 1. The number of nitrogens with zero attached hydrogens (tertiary/aromatic N) is 1. The predicted molar refractivity (Wildman–Crippen MR) is 83.3 cm³/mol. The Kier molecular flexibility index (Phi) is 4.90. The molecule has 0 aliphatic rings. The number of nitrogens with one attached hydrogen (secondary N) is 2. The van der Waals surface area contributed by atoms with Crippen LogP contribution in [-0.2, 0) is 0 Å². The zero-order valence-corrected chi connectivity index (χ0v) is 12.5. The molecule has 116 valence electrons. The van der Waals surface area contributed by atoms with E-state index in [-0.39, 0.29) is 5.56 Å². The average Bonchev–Trinajstić information content (AvgIpc) is 2.49. The molecule has 7 nitrogen and oxygen atoms in total. The molecule has 0 radical (unpaired) electrons. The van der Waals surface area contributed by atoms with Gasteiger partial charge in [0.15, 0.2) is 0 Å². The number of aromatic amines is 1. The van der Waals surface area contributed by atoms with Crippen LogP contribution < -0.4 is 21.3 Å². The summed E-state index contributed by atoms with van der Waals surface area (Å²) in [6.45, 7) is 4.36. The number of aromatic nitrogens is 2. The highest BCUT2D eigenvalue weighted by Gasteiger charge is 2.13. The maximum Gasteiger partial charge on any atom is 0.262 e. The maximum absolute atomic E-state index is 12.2. The molecule has 0 aliphatic carbocycles. The lowest BCUT2D eigenvalue weighted by Gasteiger charge is -2.08. The van der Waals surface area contributed by atoms with Gasteiger partial charge in [0.05, 0.1) is 0 Å². The fourth-order valence-electron chi connectivity index (χ4n) is 1.82. The summed E-state index contributed by atoms with van der Waals surface area (Å²) in [5, 5.41) is 2.58. The molecule has 0 saturated heterocycles. The molecule has 22 heavy (non-hydrogen) atoms. The minimum Gasteiger partial charge on any atom is -0.492 e. The van der Waals surface area contributed by atoms with E-state index >= 15 is 0 Å². The number of H-pyrrole nitrogens is 1. The van der Waals surface area contributed by atoms with E-state index in [1.54, 1.807) is 25.1 Å². The molecule has 0 aliphatic heterocycles. The number of rotatable bonds is 5. The first-order chi connectivity index (χ1) is 10.5. The van der Waals surface area contributed by atoms with Crippen LogP contribution in [0.15, 0.2) is 29.2 Å². The van der Waals surface area contributed by atoms with Gasteiger partial charge in [-0.1, -0.05) is 0 Å². The summed E-state index contributed by atoms with van der Waals surface area (Å²) >= 11 is 0. The molecule has 0 saturated carbocycles. The normalized spacial score (nSPS) is 10.3. The van der Waals surface area contributed by atoms with Crippen molar-refractivity contribution < 1.29 is 9.53 Å². The third-order valence-electron chi connectivity index (χ3n) is 3.10. The van der Waals surface area contributed by atoms with Crippen molar-refractivity contribution in [3.05, 3.63) is 51.6 Å². The van der Waals surface area contributed by atoms with Gasteiger partial charge < -0.3 is 20.8 Å². The van der Waals surface area contributed by atoms with Gasteiger partial charge in [-0.25, -0.2) is 4.98 Å². The molecule has 2 aromatic heterocycles. The number of nitrogens with two attached hydrogens (primary N) is 1. The molecule has 0 bridgehead atoms. The summed E-state index contributed by atoms with van der Waals surface area (Å²) in [6, 6.07) is 4.79. The standard InChI is InChI=1S/C15H18N4O3/c1-9-7-12(14(20)18-10(9)2)15(21)19-13-8-11(3-5-17-13)22-6-4-16/h3,5,7-8H,4,6,16H2,1-2H3,(H,18,20)(H,17,19,21). The molecular weight excluding hydrogens is 284 g/mol. The van der Waals surface area contributed by atoms with E-state index in [1.807, 2.05) is 6.92 Å². The van der Waals surface area contributed by atoms with Gasteiger partial charge in [0.1, 0.15) is 23.7 Å². The lowest BCUT2D eigenvalue weighted by molar-refractivity contribution is 0.102. The van der Waals surface area contributed by atoms with Gasteiger partial charge in [-0.15, -0.1) is 0 Å². The van der Waals surface area contributed by atoms with Gasteiger partial charge in [-0.05, 0) is 31.5 Å². The zero-order valence-electron chi connectivity index (χ0n) is 12.5.